The molecule has 0 aliphatic carbocycles. The fourth-order valence-electron chi connectivity index (χ4n) is 0.878. The molecule has 0 unspecified atom stereocenters. The van der Waals surface area contributed by atoms with E-state index in [2.05, 4.69) is 20.9 Å². The number of hydrogen-bond acceptors (Lipinski definition) is 2. The van der Waals surface area contributed by atoms with Crippen molar-refractivity contribution < 1.29 is 13.6 Å². The molecule has 0 aliphatic heterocycles. The lowest BCUT2D eigenvalue weighted by molar-refractivity contribution is 0.106. The standard InChI is InChI=1S/C7H2BrClF2INO/c8-5-4(6(9)14)3(7(10)11)2(12)1-13-5/h1,7H. The molecule has 1 heterocycles. The highest BCUT2D eigenvalue weighted by Gasteiger charge is 2.23. The fourth-order valence-corrected chi connectivity index (χ4v) is 2.32. The van der Waals surface area contributed by atoms with Gasteiger partial charge in [-0.3, -0.25) is 4.79 Å². The Bertz CT molecular complexity index is 388. The molecule has 0 amide bonds. The maximum atomic E-state index is 12.6. The summed E-state index contributed by atoms with van der Waals surface area (Å²) in [4.78, 5) is 14.6. The molecule has 0 aliphatic rings. The van der Waals surface area contributed by atoms with Crippen LogP contribution in [0.1, 0.15) is 22.3 Å². The zero-order chi connectivity index (χ0) is 10.9. The topological polar surface area (TPSA) is 30.0 Å². The molecule has 1 aromatic rings. The Kier molecular flexibility index (Phi) is 4.20. The molecule has 1 rings (SSSR count). The Labute approximate surface area is 105 Å². The highest BCUT2D eigenvalue weighted by Crippen LogP contribution is 2.32. The van der Waals surface area contributed by atoms with Gasteiger partial charge in [0.2, 0.25) is 0 Å². The van der Waals surface area contributed by atoms with E-state index in [1.807, 2.05) is 0 Å². The van der Waals surface area contributed by atoms with Gasteiger partial charge in [0, 0.05) is 15.3 Å². The first-order valence-corrected chi connectivity index (χ1v) is 5.52. The summed E-state index contributed by atoms with van der Waals surface area (Å²) in [6.45, 7) is 0. The van der Waals surface area contributed by atoms with Crippen molar-refractivity contribution in [2.45, 2.75) is 6.43 Å². The summed E-state index contributed by atoms with van der Waals surface area (Å²) < 4.78 is 25.4. The van der Waals surface area contributed by atoms with Gasteiger partial charge >= 0.3 is 0 Å². The van der Waals surface area contributed by atoms with Gasteiger partial charge in [0.1, 0.15) is 4.60 Å². The molecule has 0 spiro atoms. The van der Waals surface area contributed by atoms with Crippen LogP contribution in [0.5, 0.6) is 0 Å². The molecule has 76 valence electrons. The van der Waals surface area contributed by atoms with Crippen LogP contribution in [0.25, 0.3) is 0 Å². The zero-order valence-electron chi connectivity index (χ0n) is 6.40. The summed E-state index contributed by atoms with van der Waals surface area (Å²) in [5, 5.41) is -0.946. The number of nitrogens with zero attached hydrogens (tertiary/aromatic N) is 1. The first kappa shape index (κ1) is 12.3. The first-order chi connectivity index (χ1) is 6.45. The minimum atomic E-state index is -2.75. The van der Waals surface area contributed by atoms with Crippen LogP contribution in [0.4, 0.5) is 8.78 Å². The monoisotopic (exact) mass is 395 g/mol. The van der Waals surface area contributed by atoms with Gasteiger partial charge in [-0.05, 0) is 50.1 Å². The highest BCUT2D eigenvalue weighted by molar-refractivity contribution is 14.1. The van der Waals surface area contributed by atoms with Crippen LogP contribution in [0.3, 0.4) is 0 Å². The number of carbonyl (C=O) groups excluding carboxylic acids is 1. The minimum absolute atomic E-state index is 0.0354. The Morgan fingerprint density at radius 3 is 2.57 bits per heavy atom. The Balaban J connectivity index is 3.50. The Morgan fingerprint density at radius 1 is 1.64 bits per heavy atom. The van der Waals surface area contributed by atoms with Crippen molar-refractivity contribution in [2.75, 3.05) is 0 Å². The molecule has 0 bridgehead atoms. The summed E-state index contributed by atoms with van der Waals surface area (Å²) in [7, 11) is 0. The molecule has 0 atom stereocenters. The zero-order valence-corrected chi connectivity index (χ0v) is 10.9. The molecule has 2 nitrogen and oxygen atoms in total. The lowest BCUT2D eigenvalue weighted by atomic mass is 10.1. The normalized spacial score (nSPS) is 10.7. The summed E-state index contributed by atoms with van der Waals surface area (Å²) in [6.07, 6.45) is -1.51. The predicted molar refractivity (Wildman–Crippen MR) is 59.8 cm³/mol. The van der Waals surface area contributed by atoms with E-state index in [1.54, 1.807) is 22.6 Å². The van der Waals surface area contributed by atoms with Crippen molar-refractivity contribution >= 4 is 55.4 Å². The number of pyridine rings is 1. The van der Waals surface area contributed by atoms with Crippen molar-refractivity contribution in [3.63, 3.8) is 0 Å². The van der Waals surface area contributed by atoms with E-state index in [-0.39, 0.29) is 19.3 Å². The van der Waals surface area contributed by atoms with Crippen molar-refractivity contribution in [2.24, 2.45) is 0 Å². The third-order valence-corrected chi connectivity index (χ3v) is 3.09. The van der Waals surface area contributed by atoms with Gasteiger partial charge in [0.05, 0.1) is 5.56 Å². The van der Waals surface area contributed by atoms with Gasteiger partial charge in [-0.2, -0.15) is 0 Å². The van der Waals surface area contributed by atoms with Gasteiger partial charge < -0.3 is 0 Å². The van der Waals surface area contributed by atoms with Crippen molar-refractivity contribution in [1.82, 2.24) is 4.98 Å². The van der Waals surface area contributed by atoms with E-state index < -0.39 is 11.7 Å². The molecule has 1 aromatic heterocycles. The van der Waals surface area contributed by atoms with Crippen LogP contribution < -0.4 is 0 Å². The lowest BCUT2D eigenvalue weighted by Crippen LogP contribution is -2.04. The number of carbonyl (C=O) groups is 1. The first-order valence-electron chi connectivity index (χ1n) is 3.27. The predicted octanol–water partition coefficient (Wildman–Crippen LogP) is 3.77. The molecule has 14 heavy (non-hydrogen) atoms. The summed E-state index contributed by atoms with van der Waals surface area (Å²) in [5.74, 6) is 0. The van der Waals surface area contributed by atoms with E-state index in [9.17, 15) is 13.6 Å². The molecule has 0 aromatic carbocycles. The van der Waals surface area contributed by atoms with Crippen LogP contribution in [0, 0.1) is 3.57 Å². The number of rotatable bonds is 2. The fraction of sp³-hybridized carbons (Fsp3) is 0.143. The summed E-state index contributed by atoms with van der Waals surface area (Å²) in [6, 6.07) is 0. The van der Waals surface area contributed by atoms with Crippen LogP contribution in [-0.4, -0.2) is 10.2 Å². The van der Waals surface area contributed by atoms with Crippen LogP contribution in [0.2, 0.25) is 0 Å². The maximum Gasteiger partial charge on any atom is 0.265 e. The average Bonchev–Trinajstić information content (AvgIpc) is 2.07. The van der Waals surface area contributed by atoms with Crippen LogP contribution in [0.15, 0.2) is 10.8 Å². The third-order valence-electron chi connectivity index (χ3n) is 1.44. The second-order valence-electron chi connectivity index (χ2n) is 2.26. The second kappa shape index (κ2) is 4.80. The van der Waals surface area contributed by atoms with E-state index in [0.717, 1.165) is 0 Å². The van der Waals surface area contributed by atoms with Gasteiger partial charge in [-0.15, -0.1) is 0 Å². The third kappa shape index (κ3) is 2.40. The highest BCUT2D eigenvalue weighted by atomic mass is 127. The maximum absolute atomic E-state index is 12.6. The van der Waals surface area contributed by atoms with Crippen molar-refractivity contribution in [3.05, 3.63) is 25.5 Å². The SMILES string of the molecule is O=C(Cl)c1c(Br)ncc(I)c1C(F)F. The molecule has 0 radical (unpaired) electrons. The summed E-state index contributed by atoms with van der Waals surface area (Å²) >= 11 is 9.76. The van der Waals surface area contributed by atoms with E-state index in [4.69, 9.17) is 11.6 Å². The van der Waals surface area contributed by atoms with E-state index in [0.29, 0.717) is 0 Å². The molecular weight excluding hydrogens is 394 g/mol. The number of aromatic nitrogens is 1. The Morgan fingerprint density at radius 2 is 2.21 bits per heavy atom. The van der Waals surface area contributed by atoms with E-state index >= 15 is 0 Å². The minimum Gasteiger partial charge on any atom is -0.275 e. The number of halogens is 5. The smallest absolute Gasteiger partial charge is 0.265 e. The quantitative estimate of drug-likeness (QED) is 0.433. The lowest BCUT2D eigenvalue weighted by Gasteiger charge is -2.08. The average molecular weight is 396 g/mol. The number of alkyl halides is 2. The van der Waals surface area contributed by atoms with Crippen molar-refractivity contribution in [3.8, 4) is 0 Å². The molecule has 0 saturated carbocycles. The molecular formula is C7H2BrClF2INO. The second-order valence-corrected chi connectivity index (χ2v) is 4.52. The molecule has 0 N–H and O–H groups in total. The van der Waals surface area contributed by atoms with Gasteiger partial charge in [0.15, 0.2) is 0 Å². The summed E-state index contributed by atoms with van der Waals surface area (Å²) in [5.41, 5.74) is -0.652. The van der Waals surface area contributed by atoms with E-state index in [1.165, 1.54) is 6.20 Å². The molecule has 7 heteroatoms. The molecule has 0 saturated heterocycles. The van der Waals surface area contributed by atoms with Gasteiger partial charge in [-0.25, -0.2) is 13.8 Å². The van der Waals surface area contributed by atoms with Crippen LogP contribution in [-0.2, 0) is 0 Å². The van der Waals surface area contributed by atoms with Crippen LogP contribution >= 0.6 is 50.1 Å². The Hall–Kier alpha value is 0.180. The van der Waals surface area contributed by atoms with Gasteiger partial charge in [0.25, 0.3) is 11.7 Å². The number of hydrogen-bond donors (Lipinski definition) is 0. The molecule has 0 fully saturated rings. The largest absolute Gasteiger partial charge is 0.275 e. The van der Waals surface area contributed by atoms with Gasteiger partial charge in [-0.1, -0.05) is 0 Å². The van der Waals surface area contributed by atoms with Crippen molar-refractivity contribution in [1.29, 1.82) is 0 Å².